The van der Waals surface area contributed by atoms with Crippen molar-refractivity contribution in [1.29, 1.82) is 0 Å². The molecule has 184 valence electrons. The lowest BCUT2D eigenvalue weighted by Crippen LogP contribution is -2.20. The highest BCUT2D eigenvalue weighted by molar-refractivity contribution is 9.10. The zero-order chi connectivity index (χ0) is 25.3. The van der Waals surface area contributed by atoms with Crippen LogP contribution >= 0.6 is 52.9 Å². The van der Waals surface area contributed by atoms with Crippen LogP contribution in [0.4, 0.5) is 0 Å². The van der Waals surface area contributed by atoms with E-state index in [-0.39, 0.29) is 4.90 Å². The molecule has 35 heavy (non-hydrogen) atoms. The number of hydrogen-bond donors (Lipinski definition) is 0. The Hall–Kier alpha value is -0.325. The predicted octanol–water partition coefficient (Wildman–Crippen LogP) is 4.01. The van der Waals surface area contributed by atoms with E-state index >= 15 is 0 Å². The van der Waals surface area contributed by atoms with E-state index in [4.69, 9.17) is 4.74 Å². The molecule has 3 aromatic rings. The number of ether oxygens (including phenoxy) is 1. The molecule has 4 unspecified atom stereocenters. The van der Waals surface area contributed by atoms with E-state index in [0.29, 0.717) is 11.7 Å². The standard InChI is InChI=1S/C25H30BBrO3P4S/c26-17-3-1-14(2-4-17)15-9-20(31)24(21(32)10-15)16-11-22(33)25(23(34)12-16)30-13-35(28,29)19-7-5-18(27)6-8-19/h5-12,14,17H,1-4,13,26,31-34H2. The maximum atomic E-state index is 12.7. The lowest BCUT2D eigenvalue weighted by atomic mass is 9.70. The Kier molecular flexibility index (Phi) is 9.18. The Labute approximate surface area is 227 Å². The Morgan fingerprint density at radius 1 is 0.857 bits per heavy atom. The van der Waals surface area contributed by atoms with Crippen LogP contribution in [0, 0.1) is 0 Å². The lowest BCUT2D eigenvalue weighted by Gasteiger charge is -2.27. The molecule has 4 rings (SSSR count). The molecule has 0 heterocycles. The molecule has 0 bridgehead atoms. The van der Waals surface area contributed by atoms with E-state index in [1.54, 1.807) is 24.3 Å². The van der Waals surface area contributed by atoms with Crippen LogP contribution in [0.2, 0.25) is 5.82 Å². The van der Waals surface area contributed by atoms with E-state index in [2.05, 4.69) is 72.9 Å². The van der Waals surface area contributed by atoms with Gasteiger partial charge in [0.1, 0.15) is 13.6 Å². The van der Waals surface area contributed by atoms with Crippen LogP contribution < -0.4 is 26.0 Å². The molecule has 0 saturated heterocycles. The summed E-state index contributed by atoms with van der Waals surface area (Å²) in [6.07, 6.45) is 5.12. The van der Waals surface area contributed by atoms with Gasteiger partial charge in [0.05, 0.1) is 4.90 Å². The molecule has 4 atom stereocenters. The summed E-state index contributed by atoms with van der Waals surface area (Å²) >= 11 is 3.33. The number of halogens is 1. The highest BCUT2D eigenvalue weighted by Crippen LogP contribution is 2.37. The van der Waals surface area contributed by atoms with Gasteiger partial charge in [-0.05, 0) is 82.5 Å². The zero-order valence-corrected chi connectivity index (χ0v) is 26.7. The lowest BCUT2D eigenvalue weighted by molar-refractivity contribution is 0.383. The third-order valence-electron chi connectivity index (χ3n) is 6.68. The van der Waals surface area contributed by atoms with Crippen molar-refractivity contribution in [2.24, 2.45) is 0 Å². The van der Waals surface area contributed by atoms with Gasteiger partial charge < -0.3 is 4.74 Å². The minimum absolute atomic E-state index is 0.237. The summed E-state index contributed by atoms with van der Waals surface area (Å²) in [5.41, 5.74) is 3.65. The Bertz CT molecular complexity index is 1300. The van der Waals surface area contributed by atoms with Crippen LogP contribution in [0.5, 0.6) is 5.75 Å². The maximum absolute atomic E-state index is 12.7. The van der Waals surface area contributed by atoms with Crippen LogP contribution in [0.3, 0.4) is 0 Å². The molecule has 0 aromatic heterocycles. The van der Waals surface area contributed by atoms with Gasteiger partial charge in [-0.3, -0.25) is 0 Å². The molecule has 1 fully saturated rings. The predicted molar refractivity (Wildman–Crippen MR) is 170 cm³/mol. The Balaban J connectivity index is 1.57. The van der Waals surface area contributed by atoms with E-state index in [1.807, 2.05) is 12.1 Å². The summed E-state index contributed by atoms with van der Waals surface area (Å²) in [7, 11) is 9.99. The number of hydrogen-bond acceptors (Lipinski definition) is 3. The molecule has 0 amide bonds. The highest BCUT2D eigenvalue weighted by Gasteiger charge is 2.22. The van der Waals surface area contributed by atoms with Gasteiger partial charge in [-0.1, -0.05) is 46.7 Å². The first-order chi connectivity index (χ1) is 16.5. The summed E-state index contributed by atoms with van der Waals surface area (Å²) < 4.78 is 32.1. The van der Waals surface area contributed by atoms with Crippen molar-refractivity contribution in [1.82, 2.24) is 0 Å². The van der Waals surface area contributed by atoms with E-state index in [0.717, 1.165) is 32.0 Å². The molecular weight excluding hydrogens is 595 g/mol. The summed E-state index contributed by atoms with van der Waals surface area (Å²) in [4.78, 5) is 0.237. The second-order valence-electron chi connectivity index (χ2n) is 9.35. The number of sulfone groups is 1. The van der Waals surface area contributed by atoms with Crippen molar-refractivity contribution in [2.45, 2.75) is 42.3 Å². The van der Waals surface area contributed by atoms with Crippen molar-refractivity contribution in [3.05, 3.63) is 58.6 Å². The SMILES string of the molecule is BC1CCC(c2cc(P)c(-c3cc(P)c(OCS(=O)(=O)c4ccc(Br)cc4)c(P)c3)c(P)c2)CC1. The third-order valence-corrected chi connectivity index (χ3v) is 10.4. The molecule has 0 N–H and O–H groups in total. The molecule has 10 heteroatoms. The van der Waals surface area contributed by atoms with Crippen LogP contribution in [-0.4, -0.2) is 22.2 Å². The molecular formula is C25H30BBrO3P4S. The fourth-order valence-corrected chi connectivity index (χ4v) is 8.17. The molecule has 1 saturated carbocycles. The normalized spacial score (nSPS) is 18.4. The summed E-state index contributed by atoms with van der Waals surface area (Å²) in [5.74, 6) is 1.60. The van der Waals surface area contributed by atoms with E-state index in [1.165, 1.54) is 41.9 Å². The van der Waals surface area contributed by atoms with Crippen LogP contribution in [0.25, 0.3) is 11.1 Å². The molecule has 3 aromatic carbocycles. The first kappa shape index (κ1) is 27.7. The van der Waals surface area contributed by atoms with Gasteiger partial charge in [0.15, 0.2) is 5.94 Å². The van der Waals surface area contributed by atoms with Crippen molar-refractivity contribution < 1.29 is 13.2 Å². The number of benzene rings is 3. The molecule has 1 aliphatic rings. The van der Waals surface area contributed by atoms with Crippen LogP contribution in [0.1, 0.15) is 37.2 Å². The molecule has 0 radical (unpaired) electrons. The first-order valence-corrected chi connectivity index (χ1v) is 16.3. The van der Waals surface area contributed by atoms with Crippen molar-refractivity contribution in [2.75, 3.05) is 5.94 Å². The van der Waals surface area contributed by atoms with Crippen molar-refractivity contribution >= 4 is 91.8 Å². The van der Waals surface area contributed by atoms with Gasteiger partial charge in [0.25, 0.3) is 0 Å². The molecule has 0 spiro atoms. The first-order valence-electron chi connectivity index (χ1n) is 11.5. The summed E-state index contributed by atoms with van der Waals surface area (Å²) in [6.45, 7) is 0. The monoisotopic (exact) mass is 624 g/mol. The van der Waals surface area contributed by atoms with Gasteiger partial charge >= 0.3 is 0 Å². The summed E-state index contributed by atoms with van der Waals surface area (Å²) in [6, 6.07) is 15.3. The second kappa shape index (κ2) is 11.6. The fraction of sp³-hybridized carbons (Fsp3) is 0.280. The van der Waals surface area contributed by atoms with Gasteiger partial charge in [-0.25, -0.2) is 8.42 Å². The maximum Gasteiger partial charge on any atom is 0.213 e. The van der Waals surface area contributed by atoms with Gasteiger partial charge in [-0.2, -0.15) is 0 Å². The minimum Gasteiger partial charge on any atom is -0.476 e. The Morgan fingerprint density at radius 2 is 1.40 bits per heavy atom. The number of rotatable bonds is 6. The van der Waals surface area contributed by atoms with Crippen LogP contribution in [0.15, 0.2) is 57.9 Å². The van der Waals surface area contributed by atoms with E-state index < -0.39 is 15.8 Å². The van der Waals surface area contributed by atoms with Crippen molar-refractivity contribution in [3.63, 3.8) is 0 Å². The summed E-state index contributed by atoms with van der Waals surface area (Å²) in [5, 5.41) is 3.98. The molecule has 1 aliphatic carbocycles. The average molecular weight is 625 g/mol. The van der Waals surface area contributed by atoms with Crippen molar-refractivity contribution in [3.8, 4) is 16.9 Å². The van der Waals surface area contributed by atoms with Gasteiger partial charge in [-0.15, -0.1) is 37.0 Å². The average Bonchev–Trinajstić information content (AvgIpc) is 2.79. The zero-order valence-electron chi connectivity index (χ0n) is 19.6. The quantitative estimate of drug-likeness (QED) is 0.308. The molecule has 0 aliphatic heterocycles. The third kappa shape index (κ3) is 6.58. The van der Waals surface area contributed by atoms with Gasteiger partial charge in [0.2, 0.25) is 9.84 Å². The van der Waals surface area contributed by atoms with E-state index in [9.17, 15) is 8.42 Å². The van der Waals surface area contributed by atoms with Gasteiger partial charge in [0, 0.05) is 15.1 Å². The second-order valence-corrected chi connectivity index (χ2v) is 14.7. The molecule has 3 nitrogen and oxygen atoms in total. The smallest absolute Gasteiger partial charge is 0.213 e. The fourth-order valence-electron chi connectivity index (χ4n) is 4.71. The highest BCUT2D eigenvalue weighted by atomic mass is 79.9. The minimum atomic E-state index is -3.57. The largest absolute Gasteiger partial charge is 0.476 e. The topological polar surface area (TPSA) is 43.4 Å². The Morgan fingerprint density at radius 3 is 1.94 bits per heavy atom. The van der Waals surface area contributed by atoms with Crippen LogP contribution in [-0.2, 0) is 9.84 Å².